The van der Waals surface area contributed by atoms with Gasteiger partial charge < -0.3 is 0 Å². The largest absolute Gasteiger partial charge is 0.276 e. The van der Waals surface area contributed by atoms with Gasteiger partial charge in [0.25, 0.3) is 0 Å². The Morgan fingerprint density at radius 3 is 2.69 bits per heavy atom. The summed E-state index contributed by atoms with van der Waals surface area (Å²) in [7, 11) is 0. The minimum Gasteiger partial charge on any atom is -0.276 e. The molecular weight excluding hydrogens is 230 g/mol. The van der Waals surface area contributed by atoms with Crippen LogP contribution in [0.2, 0.25) is 0 Å². The molecule has 0 heterocycles. The molecule has 1 aromatic carbocycles. The summed E-state index contributed by atoms with van der Waals surface area (Å²) in [5.74, 6) is 0.537. The van der Waals surface area contributed by atoms with Gasteiger partial charge >= 0.3 is 0 Å². The van der Waals surface area contributed by atoms with E-state index >= 15 is 0 Å². The Bertz CT molecular complexity index is 263. The molecular formula is C10H14BrNO. The average molecular weight is 244 g/mol. The van der Waals surface area contributed by atoms with Gasteiger partial charge in [-0.15, -0.1) is 0 Å². The van der Waals surface area contributed by atoms with Gasteiger partial charge in [-0.05, 0) is 34.0 Å². The van der Waals surface area contributed by atoms with Gasteiger partial charge in [0.15, 0.2) is 0 Å². The molecule has 0 aromatic heterocycles. The zero-order chi connectivity index (χ0) is 9.68. The van der Waals surface area contributed by atoms with Gasteiger partial charge in [-0.2, -0.15) is 0 Å². The molecule has 0 aliphatic rings. The van der Waals surface area contributed by atoms with E-state index in [0.29, 0.717) is 12.5 Å². The van der Waals surface area contributed by atoms with Crippen LogP contribution >= 0.6 is 15.9 Å². The summed E-state index contributed by atoms with van der Waals surface area (Å²) in [5, 5.41) is 0. The minimum atomic E-state index is 0.537. The van der Waals surface area contributed by atoms with Gasteiger partial charge in [-0.1, -0.05) is 26.0 Å². The van der Waals surface area contributed by atoms with Crippen LogP contribution in [0.4, 0.5) is 5.69 Å². The lowest BCUT2D eigenvalue weighted by Gasteiger charge is -2.09. The van der Waals surface area contributed by atoms with Crippen LogP contribution in [0.1, 0.15) is 13.8 Å². The van der Waals surface area contributed by atoms with Crippen molar-refractivity contribution in [1.82, 2.24) is 0 Å². The Balaban J connectivity index is 2.41. The van der Waals surface area contributed by atoms with Gasteiger partial charge in [0, 0.05) is 4.47 Å². The number of benzene rings is 1. The maximum atomic E-state index is 5.28. The zero-order valence-electron chi connectivity index (χ0n) is 7.88. The van der Waals surface area contributed by atoms with Crippen LogP contribution in [-0.2, 0) is 4.84 Å². The van der Waals surface area contributed by atoms with E-state index in [0.717, 1.165) is 10.2 Å². The van der Waals surface area contributed by atoms with Gasteiger partial charge in [-0.3, -0.25) is 10.3 Å². The number of rotatable bonds is 4. The highest BCUT2D eigenvalue weighted by Gasteiger charge is 1.97. The Labute approximate surface area is 87.4 Å². The zero-order valence-corrected chi connectivity index (χ0v) is 9.47. The van der Waals surface area contributed by atoms with E-state index in [1.807, 2.05) is 24.3 Å². The number of halogens is 1. The number of nitrogens with one attached hydrogen (secondary N) is 1. The normalized spacial score (nSPS) is 10.5. The number of hydrogen-bond acceptors (Lipinski definition) is 2. The molecule has 0 unspecified atom stereocenters. The van der Waals surface area contributed by atoms with Crippen LogP contribution in [0, 0.1) is 5.92 Å². The van der Waals surface area contributed by atoms with E-state index in [4.69, 9.17) is 4.84 Å². The molecule has 72 valence electrons. The highest BCUT2D eigenvalue weighted by Crippen LogP contribution is 2.20. The molecule has 1 N–H and O–H groups in total. The minimum absolute atomic E-state index is 0.537. The van der Waals surface area contributed by atoms with Crippen molar-refractivity contribution in [2.75, 3.05) is 12.1 Å². The highest BCUT2D eigenvalue weighted by atomic mass is 79.9. The second-order valence-corrected chi connectivity index (χ2v) is 4.14. The van der Waals surface area contributed by atoms with Crippen molar-refractivity contribution in [3.8, 4) is 0 Å². The summed E-state index contributed by atoms with van der Waals surface area (Å²) in [5.41, 5.74) is 3.86. The lowest BCUT2D eigenvalue weighted by molar-refractivity contribution is 0.162. The monoisotopic (exact) mass is 243 g/mol. The lowest BCUT2D eigenvalue weighted by atomic mass is 10.2. The molecule has 0 aliphatic heterocycles. The Morgan fingerprint density at radius 2 is 2.08 bits per heavy atom. The van der Waals surface area contributed by atoms with Crippen LogP contribution < -0.4 is 5.48 Å². The van der Waals surface area contributed by atoms with Crippen molar-refractivity contribution in [2.24, 2.45) is 5.92 Å². The second kappa shape index (κ2) is 5.25. The van der Waals surface area contributed by atoms with Gasteiger partial charge in [0.1, 0.15) is 0 Å². The molecule has 0 saturated carbocycles. The summed E-state index contributed by atoms with van der Waals surface area (Å²) < 4.78 is 1.01. The van der Waals surface area contributed by atoms with E-state index in [1.165, 1.54) is 0 Å². The van der Waals surface area contributed by atoms with E-state index in [9.17, 15) is 0 Å². The third kappa shape index (κ3) is 3.79. The fourth-order valence-electron chi connectivity index (χ4n) is 0.830. The van der Waals surface area contributed by atoms with Crippen LogP contribution in [-0.4, -0.2) is 6.61 Å². The quantitative estimate of drug-likeness (QED) is 0.819. The molecule has 0 bridgehead atoms. The molecule has 0 amide bonds. The van der Waals surface area contributed by atoms with E-state index in [2.05, 4.69) is 35.3 Å². The third-order valence-corrected chi connectivity index (χ3v) is 2.16. The van der Waals surface area contributed by atoms with E-state index in [1.54, 1.807) is 0 Å². The molecule has 1 aromatic rings. The molecule has 0 saturated heterocycles. The van der Waals surface area contributed by atoms with Crippen LogP contribution in [0.3, 0.4) is 0 Å². The first-order valence-corrected chi connectivity index (χ1v) is 5.12. The number of hydrogen-bond donors (Lipinski definition) is 1. The summed E-state index contributed by atoms with van der Waals surface area (Å²) in [6.07, 6.45) is 0. The third-order valence-electron chi connectivity index (χ3n) is 1.47. The maximum absolute atomic E-state index is 5.28. The molecule has 0 atom stereocenters. The standard InChI is InChI=1S/C10H14BrNO/c1-8(2)7-13-12-10-6-4-3-5-9(10)11/h3-6,8,12H,7H2,1-2H3. The average Bonchev–Trinajstić information content (AvgIpc) is 2.08. The first-order chi connectivity index (χ1) is 6.20. The van der Waals surface area contributed by atoms with Gasteiger partial charge in [0.05, 0.1) is 12.3 Å². The molecule has 0 fully saturated rings. The lowest BCUT2D eigenvalue weighted by Crippen LogP contribution is -2.07. The van der Waals surface area contributed by atoms with E-state index < -0.39 is 0 Å². The Hall–Kier alpha value is -0.540. The molecule has 0 radical (unpaired) electrons. The maximum Gasteiger partial charge on any atom is 0.0768 e. The van der Waals surface area contributed by atoms with Gasteiger partial charge in [0.2, 0.25) is 0 Å². The predicted octanol–water partition coefficient (Wildman–Crippen LogP) is 3.45. The fourth-order valence-corrected chi connectivity index (χ4v) is 1.20. The Morgan fingerprint density at radius 1 is 1.38 bits per heavy atom. The van der Waals surface area contributed by atoms with Crippen LogP contribution in [0.5, 0.6) is 0 Å². The molecule has 13 heavy (non-hydrogen) atoms. The topological polar surface area (TPSA) is 21.3 Å². The summed E-state index contributed by atoms with van der Waals surface area (Å²) >= 11 is 3.42. The summed E-state index contributed by atoms with van der Waals surface area (Å²) in [6, 6.07) is 7.87. The first-order valence-electron chi connectivity index (χ1n) is 4.32. The smallest absolute Gasteiger partial charge is 0.0768 e. The van der Waals surface area contributed by atoms with Crippen molar-refractivity contribution in [1.29, 1.82) is 0 Å². The van der Waals surface area contributed by atoms with Crippen molar-refractivity contribution < 1.29 is 4.84 Å². The molecule has 0 aliphatic carbocycles. The molecule has 0 spiro atoms. The summed E-state index contributed by atoms with van der Waals surface area (Å²) in [6.45, 7) is 4.94. The highest BCUT2D eigenvalue weighted by molar-refractivity contribution is 9.10. The Kier molecular flexibility index (Phi) is 4.25. The van der Waals surface area contributed by atoms with Crippen molar-refractivity contribution in [3.63, 3.8) is 0 Å². The van der Waals surface area contributed by atoms with Crippen LogP contribution in [0.25, 0.3) is 0 Å². The molecule has 1 rings (SSSR count). The van der Waals surface area contributed by atoms with E-state index in [-0.39, 0.29) is 0 Å². The van der Waals surface area contributed by atoms with Gasteiger partial charge in [-0.25, -0.2) is 0 Å². The van der Waals surface area contributed by atoms with Crippen molar-refractivity contribution >= 4 is 21.6 Å². The first kappa shape index (κ1) is 10.5. The molecule has 3 heteroatoms. The number of para-hydroxylation sites is 1. The second-order valence-electron chi connectivity index (χ2n) is 3.29. The fraction of sp³-hybridized carbons (Fsp3) is 0.400. The van der Waals surface area contributed by atoms with Crippen molar-refractivity contribution in [2.45, 2.75) is 13.8 Å². The molecule has 2 nitrogen and oxygen atoms in total. The van der Waals surface area contributed by atoms with Crippen molar-refractivity contribution in [3.05, 3.63) is 28.7 Å². The summed E-state index contributed by atoms with van der Waals surface area (Å²) in [4.78, 5) is 5.28. The predicted molar refractivity (Wildman–Crippen MR) is 58.6 cm³/mol. The number of anilines is 1. The SMILES string of the molecule is CC(C)CONc1ccccc1Br. The van der Waals surface area contributed by atoms with Crippen LogP contribution in [0.15, 0.2) is 28.7 Å².